The van der Waals surface area contributed by atoms with Gasteiger partial charge in [0, 0.05) is 10.8 Å². The van der Waals surface area contributed by atoms with E-state index in [1.54, 1.807) is 24.3 Å². The molecule has 0 aliphatic rings. The fraction of sp³-hybridized carbons (Fsp3) is 0.200. The molecule has 0 saturated heterocycles. The Morgan fingerprint density at radius 2 is 1.09 bits per heavy atom. The summed E-state index contributed by atoms with van der Waals surface area (Å²) < 4.78 is 0. The monoisotopic (exact) mass is 521 g/mol. The Balaban J connectivity index is 0.00000216. The normalized spacial score (nSPS) is 11.9. The second-order valence-electron chi connectivity index (χ2n) is 7.15. The van der Waals surface area contributed by atoms with E-state index in [9.17, 15) is 9.59 Å². The molecule has 0 atom stereocenters. The number of guanidine groups is 2. The van der Waals surface area contributed by atoms with Crippen LogP contribution in [-0.4, -0.2) is 53.5 Å². The Bertz CT molecular complexity index is 1540. The lowest BCUT2D eigenvalue weighted by Gasteiger charge is -2.04. The Morgan fingerprint density at radius 3 is 1.46 bits per heavy atom. The van der Waals surface area contributed by atoms with Crippen LogP contribution in [0.1, 0.15) is 0 Å². The van der Waals surface area contributed by atoms with Gasteiger partial charge in [0.15, 0.2) is 22.8 Å². The first-order valence-electron chi connectivity index (χ1n) is 10.0. The molecule has 0 bridgehead atoms. The summed E-state index contributed by atoms with van der Waals surface area (Å²) in [7, 11) is 0. The van der Waals surface area contributed by atoms with Crippen LogP contribution in [0.5, 0.6) is 0 Å². The van der Waals surface area contributed by atoms with Crippen LogP contribution in [0.25, 0.3) is 32.6 Å². The van der Waals surface area contributed by atoms with Crippen molar-refractivity contribution in [1.29, 1.82) is 0 Å². The number of benzene rings is 3. The molecule has 0 aliphatic carbocycles. The van der Waals surface area contributed by atoms with Crippen LogP contribution in [0.4, 0.5) is 0 Å². The molecule has 1 heterocycles. The van der Waals surface area contributed by atoms with Crippen LogP contribution in [0.15, 0.2) is 53.8 Å². The van der Waals surface area contributed by atoms with Crippen molar-refractivity contribution in [2.45, 2.75) is 0 Å². The number of aromatic nitrogens is 3. The maximum absolute atomic E-state index is 13.5. The third-order valence-corrected chi connectivity index (χ3v) is 5.02. The third-order valence-electron chi connectivity index (χ3n) is 5.02. The van der Waals surface area contributed by atoms with Crippen molar-refractivity contribution >= 4 is 69.3 Å². The number of aliphatic imine (C=N–C) groups is 2. The molecule has 3 aromatic carbocycles. The molecule has 4 aromatic rings. The van der Waals surface area contributed by atoms with Gasteiger partial charge in [0.25, 0.3) is 0 Å². The van der Waals surface area contributed by atoms with E-state index in [0.29, 0.717) is 32.5 Å². The van der Waals surface area contributed by atoms with Gasteiger partial charge < -0.3 is 22.9 Å². The molecule has 15 heteroatoms. The predicted molar refractivity (Wildman–Crippen MR) is 142 cm³/mol. The molecule has 0 amide bonds. The van der Waals surface area contributed by atoms with Crippen molar-refractivity contribution in [3.63, 3.8) is 0 Å². The second-order valence-corrected chi connectivity index (χ2v) is 7.15. The molecule has 0 aliphatic heterocycles. The zero-order chi connectivity index (χ0) is 23.5. The number of H-pyrrole nitrogens is 3. The second kappa shape index (κ2) is 11.4. The van der Waals surface area contributed by atoms with Crippen molar-refractivity contribution in [3.8, 4) is 0 Å². The fourth-order valence-electron chi connectivity index (χ4n) is 3.71. The molecule has 13 nitrogen and oxygen atoms in total. The standard InChI is InChI=1S/C20H23N11O2.2ClH/c21-19(22)27-7-5-25-13-11-12(18(33)10-4-2-1-3-9(10)17(11)32)14(16-15(13)29-31-30-16)26-6-8-28-20(23)24;;/h1-4,29-31H,5-8H2,(H4,21,22,27)(H4,23,24,28);2*1H. The van der Waals surface area contributed by atoms with Crippen molar-refractivity contribution < 1.29 is 0 Å². The summed E-state index contributed by atoms with van der Waals surface area (Å²) >= 11 is 0. The summed E-state index contributed by atoms with van der Waals surface area (Å²) in [6, 6.07) is 6.66. The Labute approximate surface area is 209 Å². The van der Waals surface area contributed by atoms with Crippen molar-refractivity contribution in [2.75, 3.05) is 26.2 Å². The summed E-state index contributed by atoms with van der Waals surface area (Å²) in [5.41, 5.74) is 21.9. The van der Waals surface area contributed by atoms with Gasteiger partial charge in [-0.2, -0.15) is 0 Å². The summed E-state index contributed by atoms with van der Waals surface area (Å²) in [5.74, 6) is -0.122. The van der Waals surface area contributed by atoms with Gasteiger partial charge in [-0.3, -0.25) is 39.8 Å². The summed E-state index contributed by atoms with van der Waals surface area (Å²) in [4.78, 5) is 44.0. The number of fused-ring (bicyclic) bond motifs is 3. The first kappa shape index (κ1) is 27.1. The van der Waals surface area contributed by atoms with Gasteiger partial charge in [0.05, 0.1) is 47.7 Å². The quantitative estimate of drug-likeness (QED) is 0.0687. The minimum Gasteiger partial charge on any atom is -0.370 e. The van der Waals surface area contributed by atoms with Crippen LogP contribution in [0, 0.1) is 0 Å². The minimum atomic E-state index is -0.321. The third kappa shape index (κ3) is 5.20. The summed E-state index contributed by atoms with van der Waals surface area (Å²) in [5, 5.41) is 10.3. The first-order valence-corrected chi connectivity index (χ1v) is 10.0. The number of nitrogens with one attached hydrogen (secondary N) is 3. The van der Waals surface area contributed by atoms with E-state index in [0.717, 1.165) is 0 Å². The van der Waals surface area contributed by atoms with Crippen molar-refractivity contribution in [1.82, 2.24) is 15.4 Å². The topological polar surface area (TPSA) is 235 Å². The molecule has 0 saturated carbocycles. The van der Waals surface area contributed by atoms with Crippen LogP contribution in [0.3, 0.4) is 0 Å². The van der Waals surface area contributed by atoms with Gasteiger partial charge in [-0.05, 0) is 0 Å². The highest BCUT2D eigenvalue weighted by atomic mass is 35.5. The maximum atomic E-state index is 13.5. The van der Waals surface area contributed by atoms with Gasteiger partial charge >= 0.3 is 0 Å². The lowest BCUT2D eigenvalue weighted by molar-refractivity contribution is 0.934. The molecule has 0 unspecified atom stereocenters. The molecule has 35 heavy (non-hydrogen) atoms. The molecule has 0 fully saturated rings. The number of halogens is 2. The molecular formula is C20H25Cl2N11O2. The zero-order valence-electron chi connectivity index (χ0n) is 18.4. The molecule has 11 N–H and O–H groups in total. The van der Waals surface area contributed by atoms with E-state index in [1.165, 1.54) is 0 Å². The van der Waals surface area contributed by atoms with Crippen LogP contribution in [-0.2, 0) is 0 Å². The Morgan fingerprint density at radius 1 is 0.686 bits per heavy atom. The molecular weight excluding hydrogens is 497 g/mol. The number of rotatable bonds is 6. The lowest BCUT2D eigenvalue weighted by Crippen LogP contribution is -2.29. The number of hydrogen-bond acceptors (Lipinski definition) is 6. The van der Waals surface area contributed by atoms with Crippen LogP contribution in [0.2, 0.25) is 0 Å². The van der Waals surface area contributed by atoms with E-state index in [1.807, 2.05) is 0 Å². The number of nitrogens with two attached hydrogens (primary N) is 4. The fourth-order valence-corrected chi connectivity index (χ4v) is 3.71. The lowest BCUT2D eigenvalue weighted by atomic mass is 10.00. The van der Waals surface area contributed by atoms with Crippen molar-refractivity contribution in [3.05, 3.63) is 55.4 Å². The smallest absolute Gasteiger partial charge is 0.196 e. The molecule has 0 spiro atoms. The SMILES string of the molecule is Cl.Cl.NC(N)=NCCN=c1c2[nH][nH][nH]c2c(=NCCN=C(N)N)c2c(=O)c3ccccc3c(=O)c12. The van der Waals surface area contributed by atoms with E-state index < -0.39 is 0 Å². The minimum absolute atomic E-state index is 0. The van der Waals surface area contributed by atoms with Crippen LogP contribution < -0.4 is 44.5 Å². The largest absolute Gasteiger partial charge is 0.370 e. The van der Waals surface area contributed by atoms with E-state index in [-0.39, 0.29) is 84.5 Å². The molecule has 1 aromatic heterocycles. The van der Waals surface area contributed by atoms with Crippen LogP contribution >= 0.6 is 24.8 Å². The molecule has 186 valence electrons. The highest BCUT2D eigenvalue weighted by Gasteiger charge is 2.18. The Kier molecular flexibility index (Phi) is 8.81. The Hall–Kier alpha value is -4.10. The average Bonchev–Trinajstić information content (AvgIpc) is 3.27. The molecule has 0 radical (unpaired) electrons. The van der Waals surface area contributed by atoms with Gasteiger partial charge in [0.2, 0.25) is 0 Å². The number of nitrogens with zero attached hydrogens (tertiary/aromatic N) is 4. The van der Waals surface area contributed by atoms with Gasteiger partial charge in [0.1, 0.15) is 11.0 Å². The first-order chi connectivity index (χ1) is 15.9. The zero-order valence-corrected chi connectivity index (χ0v) is 20.0. The van der Waals surface area contributed by atoms with Crippen molar-refractivity contribution in [2.24, 2.45) is 42.9 Å². The molecule has 4 rings (SSSR count). The number of hydrogen-bond donors (Lipinski definition) is 7. The summed E-state index contributed by atoms with van der Waals surface area (Å²) in [6.07, 6.45) is 0. The van der Waals surface area contributed by atoms with Gasteiger partial charge in [-0.1, -0.05) is 24.3 Å². The summed E-state index contributed by atoms with van der Waals surface area (Å²) in [6.45, 7) is 0.831. The number of aromatic amines is 3. The average molecular weight is 522 g/mol. The van der Waals surface area contributed by atoms with E-state index >= 15 is 0 Å². The van der Waals surface area contributed by atoms with E-state index in [4.69, 9.17) is 22.9 Å². The van der Waals surface area contributed by atoms with E-state index in [2.05, 4.69) is 35.4 Å². The maximum Gasteiger partial charge on any atom is 0.196 e. The highest BCUT2D eigenvalue weighted by Crippen LogP contribution is 2.11. The van der Waals surface area contributed by atoms with Gasteiger partial charge in [-0.15, -0.1) is 24.8 Å². The van der Waals surface area contributed by atoms with Gasteiger partial charge in [-0.25, -0.2) is 5.21 Å². The predicted octanol–water partition coefficient (Wildman–Crippen LogP) is -1.52. The highest BCUT2D eigenvalue weighted by molar-refractivity contribution is 6.02.